The van der Waals surface area contributed by atoms with Gasteiger partial charge in [-0.1, -0.05) is 115 Å². The first-order valence-corrected chi connectivity index (χ1v) is 17.3. The molecule has 0 saturated heterocycles. The minimum atomic E-state index is -0.610. The van der Waals surface area contributed by atoms with Crippen LogP contribution in [0.5, 0.6) is 0 Å². The van der Waals surface area contributed by atoms with Crippen LogP contribution in [0.25, 0.3) is 60.5 Å². The zero-order chi connectivity index (χ0) is 33.6. The van der Waals surface area contributed by atoms with E-state index in [0.29, 0.717) is 5.69 Å². The lowest BCUT2D eigenvalue weighted by molar-refractivity contribution is 0.583. The van der Waals surface area contributed by atoms with Crippen LogP contribution in [0.2, 0.25) is 0 Å². The Morgan fingerprint density at radius 2 is 1.02 bits per heavy atom. The van der Waals surface area contributed by atoms with E-state index in [1.54, 1.807) is 0 Å². The van der Waals surface area contributed by atoms with Gasteiger partial charge in [0, 0.05) is 16.8 Å². The molecular weight excluding hydrogens is 631 g/mol. The number of benzene rings is 8. The maximum absolute atomic E-state index is 15.0. The van der Waals surface area contributed by atoms with Gasteiger partial charge in [0.15, 0.2) is 0 Å². The van der Waals surface area contributed by atoms with E-state index >= 15 is 0 Å². The summed E-state index contributed by atoms with van der Waals surface area (Å²) in [5, 5.41) is 4.45. The van der Waals surface area contributed by atoms with E-state index in [1.165, 1.54) is 62.0 Å². The molecule has 0 atom stereocenters. The highest BCUT2D eigenvalue weighted by atomic mass is 19.1. The molecule has 0 saturated carbocycles. The van der Waals surface area contributed by atoms with Crippen molar-refractivity contribution < 1.29 is 8.78 Å². The second-order valence-corrected chi connectivity index (χ2v) is 13.9. The zero-order valence-electron chi connectivity index (χ0n) is 27.2. The van der Waals surface area contributed by atoms with Crippen LogP contribution in [0.1, 0.15) is 22.3 Å². The Labute approximate surface area is 292 Å². The first-order valence-electron chi connectivity index (χ1n) is 17.3. The van der Waals surface area contributed by atoms with Crippen LogP contribution in [-0.2, 0) is 5.41 Å². The summed E-state index contributed by atoms with van der Waals surface area (Å²) in [6, 6.07) is 54.1. The zero-order valence-corrected chi connectivity index (χ0v) is 27.2. The maximum atomic E-state index is 15.0. The number of hydrogen-bond donors (Lipinski definition) is 0. The molecule has 4 heteroatoms. The topological polar surface area (TPSA) is 8.17 Å². The molecule has 1 spiro atoms. The molecule has 2 aliphatic carbocycles. The molecule has 9 aromatic rings. The highest BCUT2D eigenvalue weighted by Crippen LogP contribution is 2.65. The van der Waals surface area contributed by atoms with Crippen molar-refractivity contribution in [1.82, 2.24) is 4.57 Å². The summed E-state index contributed by atoms with van der Waals surface area (Å²) in [5.41, 5.74) is 14.9. The van der Waals surface area contributed by atoms with Crippen LogP contribution < -0.4 is 4.90 Å². The Morgan fingerprint density at radius 3 is 1.67 bits per heavy atom. The van der Waals surface area contributed by atoms with E-state index in [1.807, 2.05) is 11.0 Å². The molecule has 51 heavy (non-hydrogen) atoms. The molecule has 0 fully saturated rings. The molecule has 8 aromatic carbocycles. The molecule has 0 amide bonds. The summed E-state index contributed by atoms with van der Waals surface area (Å²) in [4.78, 5) is 2.03. The van der Waals surface area contributed by atoms with Gasteiger partial charge in [0.2, 0.25) is 0 Å². The summed E-state index contributed by atoms with van der Waals surface area (Å²) in [6.07, 6.45) is 0. The minimum absolute atomic E-state index is 0.445. The van der Waals surface area contributed by atoms with Gasteiger partial charge in [-0.05, 0) is 91.7 Å². The minimum Gasteiger partial charge on any atom is -0.306 e. The van der Waals surface area contributed by atoms with Gasteiger partial charge in [0.05, 0.1) is 39.2 Å². The Hall–Kier alpha value is -6.52. The molecule has 1 aliphatic heterocycles. The lowest BCUT2D eigenvalue weighted by Gasteiger charge is -2.33. The van der Waals surface area contributed by atoms with E-state index in [-0.39, 0.29) is 0 Å². The average Bonchev–Trinajstić information content (AvgIpc) is 3.77. The monoisotopic (exact) mass is 656 g/mol. The number of aromatic nitrogens is 1. The van der Waals surface area contributed by atoms with Gasteiger partial charge in [0.25, 0.3) is 0 Å². The predicted molar refractivity (Wildman–Crippen MR) is 203 cm³/mol. The Kier molecular flexibility index (Phi) is 5.02. The predicted octanol–water partition coefficient (Wildman–Crippen LogP) is 12.3. The fraction of sp³-hybridized carbons (Fsp3) is 0.0213. The summed E-state index contributed by atoms with van der Waals surface area (Å²) in [5.74, 6) is -1.22. The van der Waals surface area contributed by atoms with Crippen molar-refractivity contribution in [3.8, 4) is 27.9 Å². The molecule has 2 nitrogen and oxygen atoms in total. The normalized spacial score (nSPS) is 14.2. The molecule has 0 unspecified atom stereocenters. The van der Waals surface area contributed by atoms with Gasteiger partial charge in [-0.3, -0.25) is 0 Å². The van der Waals surface area contributed by atoms with Gasteiger partial charge in [-0.25, -0.2) is 8.78 Å². The number of nitrogens with zero attached hydrogens (tertiary/aromatic N) is 2. The molecule has 0 bridgehead atoms. The van der Waals surface area contributed by atoms with Gasteiger partial charge in [-0.15, -0.1) is 0 Å². The third-order valence-corrected chi connectivity index (χ3v) is 11.6. The number of anilines is 3. The maximum Gasteiger partial charge on any atom is 0.128 e. The summed E-state index contributed by atoms with van der Waals surface area (Å²) in [6.45, 7) is 0. The van der Waals surface area contributed by atoms with Crippen LogP contribution >= 0.6 is 0 Å². The number of para-hydroxylation sites is 1. The van der Waals surface area contributed by atoms with Crippen molar-refractivity contribution in [2.24, 2.45) is 0 Å². The van der Waals surface area contributed by atoms with Crippen LogP contribution in [0, 0.1) is 11.6 Å². The standard InChI is InChI=1S/C47H26F2N2/c48-29-24-30(49)26-31(25-29)50-41-19-9-15-36-44-40(51(46(36)41)43-23-28-11-2-1-10-27(28)22-42(43)50)21-20-35-34-14-5-8-18-39(34)47(45(35)44)37-16-6-3-12-32(37)33-13-4-7-17-38(33)47/h1-26H. The number of rotatable bonds is 1. The van der Waals surface area contributed by atoms with Crippen molar-refractivity contribution in [3.05, 3.63) is 192 Å². The van der Waals surface area contributed by atoms with E-state index in [2.05, 4.69) is 138 Å². The first kappa shape index (κ1) is 27.3. The van der Waals surface area contributed by atoms with Crippen molar-refractivity contribution in [2.75, 3.05) is 4.90 Å². The van der Waals surface area contributed by atoms with Crippen LogP contribution in [0.4, 0.5) is 25.8 Å². The second-order valence-electron chi connectivity index (χ2n) is 13.9. The molecule has 0 N–H and O–H groups in total. The summed E-state index contributed by atoms with van der Waals surface area (Å²) < 4.78 is 32.4. The van der Waals surface area contributed by atoms with Crippen molar-refractivity contribution in [2.45, 2.75) is 5.41 Å². The molecule has 2 heterocycles. The SMILES string of the molecule is Fc1cc(F)cc(N2c3cc4ccccc4cc3-n3c4ccc5c(c4c4cccc2c43)C2(c3ccccc3-c3ccccc32)c2ccccc2-5)c1. The average molecular weight is 657 g/mol. The molecule has 1 aromatic heterocycles. The Morgan fingerprint density at radius 1 is 0.451 bits per heavy atom. The van der Waals surface area contributed by atoms with Gasteiger partial charge in [0.1, 0.15) is 11.6 Å². The fourth-order valence-electron chi connectivity index (χ4n) is 9.81. The quantitative estimate of drug-likeness (QED) is 0.171. The number of halogens is 2. The second kappa shape index (κ2) is 9.38. The highest BCUT2D eigenvalue weighted by Gasteiger charge is 2.53. The van der Waals surface area contributed by atoms with E-state index < -0.39 is 17.0 Å². The van der Waals surface area contributed by atoms with Gasteiger partial charge in [-0.2, -0.15) is 0 Å². The lowest BCUT2D eigenvalue weighted by Crippen LogP contribution is -2.26. The van der Waals surface area contributed by atoms with Gasteiger partial charge >= 0.3 is 0 Å². The summed E-state index contributed by atoms with van der Waals surface area (Å²) >= 11 is 0. The summed E-state index contributed by atoms with van der Waals surface area (Å²) in [7, 11) is 0. The van der Waals surface area contributed by atoms with Crippen molar-refractivity contribution >= 4 is 49.6 Å². The fourth-order valence-corrected chi connectivity index (χ4v) is 9.81. The number of fused-ring (bicyclic) bond motifs is 17. The Bertz CT molecular complexity index is 2940. The molecule has 12 rings (SSSR count). The lowest BCUT2D eigenvalue weighted by atomic mass is 9.69. The molecule has 0 radical (unpaired) electrons. The van der Waals surface area contributed by atoms with Crippen LogP contribution in [-0.4, -0.2) is 4.57 Å². The van der Waals surface area contributed by atoms with E-state index in [9.17, 15) is 8.78 Å². The largest absolute Gasteiger partial charge is 0.306 e. The highest BCUT2D eigenvalue weighted by molar-refractivity contribution is 6.21. The van der Waals surface area contributed by atoms with E-state index in [0.717, 1.165) is 50.3 Å². The Balaban J connectivity index is 1.30. The number of hydrogen-bond acceptors (Lipinski definition) is 1. The molecule has 3 aliphatic rings. The molecular formula is C47H26F2N2. The van der Waals surface area contributed by atoms with Crippen LogP contribution in [0.15, 0.2) is 158 Å². The smallest absolute Gasteiger partial charge is 0.128 e. The third kappa shape index (κ3) is 3.22. The van der Waals surface area contributed by atoms with Crippen molar-refractivity contribution in [3.63, 3.8) is 0 Å². The van der Waals surface area contributed by atoms with Crippen molar-refractivity contribution in [1.29, 1.82) is 0 Å². The molecule has 238 valence electrons. The van der Waals surface area contributed by atoms with E-state index in [4.69, 9.17) is 0 Å². The third-order valence-electron chi connectivity index (χ3n) is 11.6. The van der Waals surface area contributed by atoms with Gasteiger partial charge < -0.3 is 9.47 Å². The van der Waals surface area contributed by atoms with Crippen LogP contribution in [0.3, 0.4) is 0 Å². The first-order chi connectivity index (χ1) is 25.1.